The van der Waals surface area contributed by atoms with Crippen LogP contribution < -0.4 is 5.69 Å². The number of halogens is 1. The summed E-state index contributed by atoms with van der Waals surface area (Å²) in [4.78, 5) is 25.8. The van der Waals surface area contributed by atoms with E-state index in [0.717, 1.165) is 15.7 Å². The van der Waals surface area contributed by atoms with Gasteiger partial charge in [0.05, 0.1) is 24.0 Å². The summed E-state index contributed by atoms with van der Waals surface area (Å²) in [5, 5.41) is 8.05. The molecule has 0 radical (unpaired) electrons. The fourth-order valence-electron chi connectivity index (χ4n) is 3.30. The number of rotatable bonds is 4. The molecule has 0 aliphatic rings. The van der Waals surface area contributed by atoms with Crippen LogP contribution in [0.5, 0.6) is 0 Å². The fraction of sp³-hybridized carbons (Fsp3) is 0.273. The van der Waals surface area contributed by atoms with Gasteiger partial charge in [-0.05, 0) is 50.1 Å². The minimum Gasteiger partial charge on any atom is -0.443 e. The Morgan fingerprint density at radius 3 is 2.55 bits per heavy atom. The van der Waals surface area contributed by atoms with Gasteiger partial charge in [0.1, 0.15) is 5.60 Å². The lowest BCUT2D eigenvalue weighted by atomic mass is 10.1. The summed E-state index contributed by atoms with van der Waals surface area (Å²) in [6.07, 6.45) is 0.974. The summed E-state index contributed by atoms with van der Waals surface area (Å²) in [6, 6.07) is 12.6. The molecular formula is C22H21ClN4O4. The van der Waals surface area contributed by atoms with Gasteiger partial charge >= 0.3 is 11.8 Å². The van der Waals surface area contributed by atoms with Crippen molar-refractivity contribution in [3.8, 4) is 0 Å². The predicted octanol–water partition coefficient (Wildman–Crippen LogP) is 4.26. The largest absolute Gasteiger partial charge is 0.443 e. The average molecular weight is 441 g/mol. The third-order valence-corrected chi connectivity index (χ3v) is 4.97. The van der Waals surface area contributed by atoms with Crippen molar-refractivity contribution in [2.24, 2.45) is 0 Å². The molecule has 9 heteroatoms. The molecule has 0 aliphatic carbocycles. The van der Waals surface area contributed by atoms with Crippen molar-refractivity contribution in [3.05, 3.63) is 81.4 Å². The van der Waals surface area contributed by atoms with Crippen molar-refractivity contribution in [1.29, 1.82) is 0 Å². The van der Waals surface area contributed by atoms with Crippen LogP contribution in [0.2, 0.25) is 5.02 Å². The Bertz CT molecular complexity index is 1300. The van der Waals surface area contributed by atoms with Crippen LogP contribution in [0.3, 0.4) is 0 Å². The van der Waals surface area contributed by atoms with Gasteiger partial charge in [-0.2, -0.15) is 4.57 Å². The normalized spacial score (nSPS) is 11.7. The molecule has 0 amide bonds. The van der Waals surface area contributed by atoms with Crippen LogP contribution in [0.15, 0.2) is 58.1 Å². The molecule has 0 unspecified atom stereocenters. The van der Waals surface area contributed by atoms with E-state index < -0.39 is 17.4 Å². The maximum absolute atomic E-state index is 13.1. The van der Waals surface area contributed by atoms with Gasteiger partial charge in [-0.15, -0.1) is 10.2 Å². The highest BCUT2D eigenvalue weighted by Gasteiger charge is 2.24. The average Bonchev–Trinajstić information content (AvgIpc) is 3.29. The smallest absolute Gasteiger partial charge is 0.423 e. The second-order valence-electron chi connectivity index (χ2n) is 8.11. The minimum absolute atomic E-state index is 0.246. The van der Waals surface area contributed by atoms with E-state index in [4.69, 9.17) is 20.8 Å². The Kier molecular flexibility index (Phi) is 5.41. The Labute approximate surface area is 183 Å². The number of fused-ring (bicyclic) bond motifs is 1. The highest BCUT2D eigenvalue weighted by molar-refractivity contribution is 6.31. The topological polar surface area (TPSA) is 92.2 Å². The lowest BCUT2D eigenvalue weighted by Crippen LogP contribution is -2.34. The first-order chi connectivity index (χ1) is 14.7. The number of carbonyl (C=O) groups is 1. The molecule has 8 nitrogen and oxygen atoms in total. The van der Waals surface area contributed by atoms with E-state index in [1.807, 2.05) is 18.2 Å². The first kappa shape index (κ1) is 20.9. The number of para-hydroxylation sites is 2. The van der Waals surface area contributed by atoms with Gasteiger partial charge in [0.25, 0.3) is 0 Å². The van der Waals surface area contributed by atoms with Gasteiger partial charge in [0, 0.05) is 5.02 Å². The van der Waals surface area contributed by atoms with E-state index >= 15 is 0 Å². The number of hydrogen-bond acceptors (Lipinski definition) is 6. The lowest BCUT2D eigenvalue weighted by Gasteiger charge is -2.19. The van der Waals surface area contributed by atoms with Gasteiger partial charge in [-0.1, -0.05) is 35.9 Å². The molecule has 160 valence electrons. The molecule has 0 aliphatic heterocycles. The number of aromatic nitrogens is 4. The number of imidazole rings is 1. The quantitative estimate of drug-likeness (QED) is 0.470. The zero-order chi connectivity index (χ0) is 22.2. The van der Waals surface area contributed by atoms with Gasteiger partial charge in [0.2, 0.25) is 12.3 Å². The van der Waals surface area contributed by atoms with E-state index in [0.29, 0.717) is 28.4 Å². The van der Waals surface area contributed by atoms with Crippen LogP contribution in [0.4, 0.5) is 4.79 Å². The SMILES string of the molecule is CC(C)(C)OC(=O)n1c(=O)n(Cc2ccc(Cc3nnco3)c(Cl)c2)c2ccccc21. The number of ether oxygens (including phenoxy) is 1. The van der Waals surface area contributed by atoms with Crippen LogP contribution in [0.25, 0.3) is 11.0 Å². The fourth-order valence-corrected chi connectivity index (χ4v) is 3.57. The Morgan fingerprint density at radius 1 is 1.16 bits per heavy atom. The summed E-state index contributed by atoms with van der Waals surface area (Å²) in [5.41, 5.74) is 1.57. The standard InChI is InChI=1S/C22H21ClN4O4/c1-22(2,3)31-21(29)27-18-7-5-4-6-17(18)26(20(27)28)12-14-8-9-15(16(23)10-14)11-19-25-24-13-30-19/h4-10,13H,11-12H2,1-3H3. The zero-order valence-electron chi connectivity index (χ0n) is 17.3. The summed E-state index contributed by atoms with van der Waals surface area (Å²) in [7, 11) is 0. The molecular weight excluding hydrogens is 420 g/mol. The first-order valence-electron chi connectivity index (χ1n) is 9.69. The van der Waals surface area contributed by atoms with Crippen LogP contribution >= 0.6 is 11.6 Å². The minimum atomic E-state index is -0.721. The van der Waals surface area contributed by atoms with Crippen LogP contribution in [-0.2, 0) is 17.7 Å². The van der Waals surface area contributed by atoms with Crippen molar-refractivity contribution in [2.45, 2.75) is 39.3 Å². The molecule has 2 heterocycles. The molecule has 4 rings (SSSR count). The van der Waals surface area contributed by atoms with Gasteiger partial charge < -0.3 is 9.15 Å². The molecule has 2 aromatic carbocycles. The Balaban J connectivity index is 1.69. The summed E-state index contributed by atoms with van der Waals surface area (Å²) >= 11 is 6.44. The maximum atomic E-state index is 13.1. The molecule has 31 heavy (non-hydrogen) atoms. The third kappa shape index (κ3) is 4.39. The molecule has 0 saturated carbocycles. The number of nitrogens with zero attached hydrogens (tertiary/aromatic N) is 4. The van der Waals surface area contributed by atoms with Crippen molar-refractivity contribution >= 4 is 28.7 Å². The second-order valence-corrected chi connectivity index (χ2v) is 8.52. The van der Waals surface area contributed by atoms with E-state index in [2.05, 4.69) is 10.2 Å². The monoisotopic (exact) mass is 440 g/mol. The van der Waals surface area contributed by atoms with Gasteiger partial charge in [-0.25, -0.2) is 9.59 Å². The van der Waals surface area contributed by atoms with Crippen molar-refractivity contribution in [1.82, 2.24) is 19.3 Å². The molecule has 0 N–H and O–H groups in total. The molecule has 0 fully saturated rings. The van der Waals surface area contributed by atoms with E-state index in [9.17, 15) is 9.59 Å². The molecule has 2 aromatic heterocycles. The molecule has 0 saturated heterocycles. The lowest BCUT2D eigenvalue weighted by molar-refractivity contribution is 0.0537. The summed E-state index contributed by atoms with van der Waals surface area (Å²) < 4.78 is 13.2. The molecule has 0 bridgehead atoms. The highest BCUT2D eigenvalue weighted by Crippen LogP contribution is 2.22. The van der Waals surface area contributed by atoms with Crippen molar-refractivity contribution in [3.63, 3.8) is 0 Å². The number of hydrogen-bond donors (Lipinski definition) is 0. The van der Waals surface area contributed by atoms with Crippen molar-refractivity contribution < 1.29 is 13.9 Å². The van der Waals surface area contributed by atoms with E-state index in [1.165, 1.54) is 11.0 Å². The molecule has 0 atom stereocenters. The number of benzene rings is 2. The first-order valence-corrected chi connectivity index (χ1v) is 10.1. The zero-order valence-corrected chi connectivity index (χ0v) is 18.1. The summed E-state index contributed by atoms with van der Waals surface area (Å²) in [5.74, 6) is 0.464. The maximum Gasteiger partial charge on any atom is 0.423 e. The molecule has 4 aromatic rings. The van der Waals surface area contributed by atoms with E-state index in [1.54, 1.807) is 45.0 Å². The van der Waals surface area contributed by atoms with Crippen LogP contribution in [0, 0.1) is 0 Å². The highest BCUT2D eigenvalue weighted by atomic mass is 35.5. The summed E-state index contributed by atoms with van der Waals surface area (Å²) in [6.45, 7) is 5.52. The van der Waals surface area contributed by atoms with Gasteiger partial charge in [0.15, 0.2) is 0 Å². The third-order valence-electron chi connectivity index (χ3n) is 4.62. The van der Waals surface area contributed by atoms with Crippen LogP contribution in [0.1, 0.15) is 37.8 Å². The van der Waals surface area contributed by atoms with Crippen molar-refractivity contribution in [2.75, 3.05) is 0 Å². The Hall–Kier alpha value is -3.39. The Morgan fingerprint density at radius 2 is 1.90 bits per heavy atom. The van der Waals surface area contributed by atoms with Gasteiger partial charge in [-0.3, -0.25) is 4.57 Å². The van der Waals surface area contributed by atoms with E-state index in [-0.39, 0.29) is 6.54 Å². The number of carbonyl (C=O) groups excluding carboxylic acids is 1. The second kappa shape index (κ2) is 8.03. The molecule has 0 spiro atoms. The van der Waals surface area contributed by atoms with Crippen LogP contribution in [-0.4, -0.2) is 31.0 Å². The predicted molar refractivity (Wildman–Crippen MR) is 115 cm³/mol.